The van der Waals surface area contributed by atoms with Gasteiger partial charge in [-0.05, 0) is 6.92 Å². The summed E-state index contributed by atoms with van der Waals surface area (Å²) in [5.74, 6) is 0.993. The molecule has 1 N–H and O–H groups in total. The van der Waals surface area contributed by atoms with Crippen LogP contribution in [-0.2, 0) is 18.5 Å². The molecular weight excluding hydrogens is 188 g/mol. The summed E-state index contributed by atoms with van der Waals surface area (Å²) in [7, 11) is -4.74. The molecule has 0 saturated carbocycles. The van der Waals surface area contributed by atoms with Crippen molar-refractivity contribution in [3.8, 4) is 12.3 Å². The minimum atomic E-state index is -4.74. The highest BCUT2D eigenvalue weighted by molar-refractivity contribution is 7.48. The molecule has 1 amide bonds. The number of terminal acetylenes is 1. The quantitative estimate of drug-likeness (QED) is 0.450. The van der Waals surface area contributed by atoms with Crippen LogP contribution in [0.1, 0.15) is 6.92 Å². The Labute approximate surface area is 67.8 Å². The Hall–Kier alpha value is -0.890. The van der Waals surface area contributed by atoms with Crippen molar-refractivity contribution in [1.82, 2.24) is 5.48 Å². The molecule has 0 spiro atoms. The fourth-order valence-corrected chi connectivity index (χ4v) is 1.36. The van der Waals surface area contributed by atoms with E-state index in [0.717, 1.165) is 6.92 Å². The Balaban J connectivity index is 2.96. The molecule has 1 rings (SSSR count). The molecule has 5 nitrogen and oxygen atoms in total. The van der Waals surface area contributed by atoms with Gasteiger partial charge in [-0.1, -0.05) is 5.92 Å². The third-order valence-corrected chi connectivity index (χ3v) is 2.14. The molecule has 2 atom stereocenters. The van der Waals surface area contributed by atoms with Gasteiger partial charge in [0.05, 0.1) is 0 Å². The number of amides is 1. The minimum absolute atomic E-state index is 0.867. The Morgan fingerprint density at radius 3 is 2.83 bits per heavy atom. The molecule has 1 heterocycles. The third kappa shape index (κ3) is 1.48. The molecule has 7 heteroatoms. The molecule has 1 fully saturated rings. The first-order chi connectivity index (χ1) is 5.40. The molecule has 0 aromatic rings. The molecule has 0 bridgehead atoms. The highest BCUT2D eigenvalue weighted by Crippen LogP contribution is 2.54. The summed E-state index contributed by atoms with van der Waals surface area (Å²) >= 11 is 0. The van der Waals surface area contributed by atoms with Gasteiger partial charge in [-0.2, -0.15) is 4.62 Å². The van der Waals surface area contributed by atoms with Crippen molar-refractivity contribution in [2.45, 2.75) is 12.5 Å². The predicted molar refractivity (Wildman–Crippen MR) is 36.3 cm³/mol. The third-order valence-electron chi connectivity index (χ3n) is 1.25. The van der Waals surface area contributed by atoms with Crippen molar-refractivity contribution in [3.63, 3.8) is 0 Å². The number of nitrogens with one attached hydrogen (secondary N) is 1. The van der Waals surface area contributed by atoms with Crippen LogP contribution in [0.15, 0.2) is 0 Å². The second-order valence-corrected chi connectivity index (χ2v) is 3.45. The number of hydrogen-bond donors (Lipinski definition) is 1. The maximum Gasteiger partial charge on any atom is 0.536 e. The van der Waals surface area contributed by atoms with E-state index in [0.29, 0.717) is 0 Å². The second kappa shape index (κ2) is 2.56. The number of halogens is 1. The van der Waals surface area contributed by atoms with Gasteiger partial charge in [-0.3, -0.25) is 9.32 Å². The average molecular weight is 193 g/mol. The number of hydrogen-bond acceptors (Lipinski definition) is 4. The molecule has 12 heavy (non-hydrogen) atoms. The van der Waals surface area contributed by atoms with Crippen LogP contribution in [0.4, 0.5) is 4.20 Å². The lowest BCUT2D eigenvalue weighted by Crippen LogP contribution is -2.48. The van der Waals surface area contributed by atoms with E-state index in [1.807, 2.05) is 5.92 Å². The number of hydroxylamine groups is 1. The van der Waals surface area contributed by atoms with Gasteiger partial charge in [0, 0.05) is 0 Å². The Morgan fingerprint density at radius 2 is 2.42 bits per heavy atom. The number of carbonyl (C=O) groups excluding carboxylic acids is 1. The smallest absolute Gasteiger partial charge is 0.268 e. The summed E-state index contributed by atoms with van der Waals surface area (Å²) in [6.45, 7) is 1.11. The molecular formula is C5H5FNO4P. The zero-order valence-electron chi connectivity index (χ0n) is 6.04. The highest BCUT2D eigenvalue weighted by Gasteiger charge is 2.47. The summed E-state index contributed by atoms with van der Waals surface area (Å²) in [4.78, 5) is 10.8. The van der Waals surface area contributed by atoms with Gasteiger partial charge in [-0.25, -0.2) is 10.0 Å². The van der Waals surface area contributed by atoms with E-state index in [2.05, 4.69) is 9.15 Å². The van der Waals surface area contributed by atoms with Crippen LogP contribution in [0, 0.1) is 12.3 Å². The minimum Gasteiger partial charge on any atom is -0.268 e. The van der Waals surface area contributed by atoms with Crippen LogP contribution in [-0.4, -0.2) is 11.5 Å². The molecule has 1 aliphatic heterocycles. The first kappa shape index (κ1) is 9.20. The standard InChI is InChI=1S/C5H5FNO4P/c1-3-5(2)4(8)7-11-12(6,9)10-5/h1H,2H3,(H,7,8). The molecule has 1 aliphatic rings. The lowest BCUT2D eigenvalue weighted by molar-refractivity contribution is -0.147. The summed E-state index contributed by atoms with van der Waals surface area (Å²) < 4.78 is 30.9. The van der Waals surface area contributed by atoms with Crippen molar-refractivity contribution < 1.29 is 22.7 Å². The van der Waals surface area contributed by atoms with Crippen LogP contribution in [0.3, 0.4) is 0 Å². The first-order valence-corrected chi connectivity index (χ1v) is 4.30. The van der Waals surface area contributed by atoms with E-state index in [-0.39, 0.29) is 0 Å². The first-order valence-electron chi connectivity index (χ1n) is 2.87. The fraction of sp³-hybridized carbons (Fsp3) is 0.400. The lowest BCUT2D eigenvalue weighted by atomic mass is 10.1. The average Bonchev–Trinajstić information content (AvgIpc) is 1.97. The predicted octanol–water partition coefficient (Wildman–Crippen LogP) is 0.534. The van der Waals surface area contributed by atoms with Gasteiger partial charge in [0.15, 0.2) is 0 Å². The molecule has 66 valence electrons. The molecule has 0 aromatic carbocycles. The highest BCUT2D eigenvalue weighted by atomic mass is 31.2. The van der Waals surface area contributed by atoms with E-state index in [9.17, 15) is 13.6 Å². The maximum atomic E-state index is 12.5. The normalized spacial score (nSPS) is 41.6. The SMILES string of the molecule is C#CC1(C)OP(=O)(F)ONC1=O. The zero-order chi connectivity index (χ0) is 9.41. The monoisotopic (exact) mass is 193 g/mol. The topological polar surface area (TPSA) is 64.6 Å². The second-order valence-electron chi connectivity index (χ2n) is 2.22. The van der Waals surface area contributed by atoms with E-state index in [4.69, 9.17) is 6.42 Å². The van der Waals surface area contributed by atoms with E-state index in [1.54, 1.807) is 5.48 Å². The summed E-state index contributed by atoms with van der Waals surface area (Å²) in [5.41, 5.74) is -0.303. The lowest BCUT2D eigenvalue weighted by Gasteiger charge is -2.27. The Morgan fingerprint density at radius 1 is 1.83 bits per heavy atom. The fourth-order valence-electron chi connectivity index (χ4n) is 0.563. The van der Waals surface area contributed by atoms with Gasteiger partial charge in [0.2, 0.25) is 5.60 Å². The van der Waals surface area contributed by atoms with Crippen molar-refractivity contribution in [1.29, 1.82) is 0 Å². The van der Waals surface area contributed by atoms with Crippen LogP contribution in [0.5, 0.6) is 0 Å². The van der Waals surface area contributed by atoms with Crippen molar-refractivity contribution in [2.24, 2.45) is 0 Å². The number of rotatable bonds is 0. The molecule has 1 saturated heterocycles. The van der Waals surface area contributed by atoms with Crippen LogP contribution >= 0.6 is 7.91 Å². The maximum absolute atomic E-state index is 12.5. The summed E-state index contributed by atoms with van der Waals surface area (Å²) in [5, 5.41) is 0. The van der Waals surface area contributed by atoms with Crippen molar-refractivity contribution >= 4 is 13.8 Å². The van der Waals surface area contributed by atoms with Gasteiger partial charge in [-0.15, -0.1) is 10.6 Å². The van der Waals surface area contributed by atoms with E-state index < -0.39 is 19.4 Å². The van der Waals surface area contributed by atoms with Crippen LogP contribution in [0.25, 0.3) is 0 Å². The van der Waals surface area contributed by atoms with E-state index >= 15 is 0 Å². The Bertz CT molecular complexity index is 311. The number of carbonyl (C=O) groups is 1. The van der Waals surface area contributed by atoms with E-state index in [1.165, 1.54) is 0 Å². The van der Waals surface area contributed by atoms with Crippen molar-refractivity contribution in [2.75, 3.05) is 0 Å². The van der Waals surface area contributed by atoms with Crippen LogP contribution in [0.2, 0.25) is 0 Å². The molecule has 0 aliphatic carbocycles. The van der Waals surface area contributed by atoms with Gasteiger partial charge in [0.25, 0.3) is 5.91 Å². The summed E-state index contributed by atoms with van der Waals surface area (Å²) in [6, 6.07) is 0. The zero-order valence-corrected chi connectivity index (χ0v) is 6.93. The molecule has 0 aromatic heterocycles. The van der Waals surface area contributed by atoms with Crippen LogP contribution < -0.4 is 5.48 Å². The van der Waals surface area contributed by atoms with Gasteiger partial charge in [0.1, 0.15) is 0 Å². The molecule has 2 unspecified atom stereocenters. The Kier molecular flexibility index (Phi) is 1.96. The molecule has 0 radical (unpaired) electrons. The largest absolute Gasteiger partial charge is 0.536 e. The summed E-state index contributed by atoms with van der Waals surface area (Å²) in [6.07, 6.45) is 4.87. The van der Waals surface area contributed by atoms with Gasteiger partial charge >= 0.3 is 7.91 Å². The van der Waals surface area contributed by atoms with Gasteiger partial charge < -0.3 is 0 Å². The van der Waals surface area contributed by atoms with Crippen molar-refractivity contribution in [3.05, 3.63) is 0 Å².